The van der Waals surface area contributed by atoms with E-state index in [-0.39, 0.29) is 11.7 Å². The second kappa shape index (κ2) is 13.0. The highest BCUT2D eigenvalue weighted by atomic mass is 16.1. The van der Waals surface area contributed by atoms with E-state index >= 15 is 0 Å². The fourth-order valence-corrected chi connectivity index (χ4v) is 5.51. The summed E-state index contributed by atoms with van der Waals surface area (Å²) in [6, 6.07) is 12.7. The number of pyridine rings is 2. The molecular weight excluding hydrogens is 486 g/mol. The van der Waals surface area contributed by atoms with E-state index in [1.807, 2.05) is 44.4 Å². The van der Waals surface area contributed by atoms with Gasteiger partial charge < -0.3 is 15.1 Å². The minimum Gasteiger partial charge on any atom is -0.364 e. The normalized spacial score (nSPS) is 15.1. The minimum absolute atomic E-state index is 0.0406. The van der Waals surface area contributed by atoms with Crippen LogP contribution in [0.25, 0.3) is 0 Å². The Morgan fingerprint density at radius 3 is 2.36 bits per heavy atom. The topological polar surface area (TPSA) is 78.4 Å². The minimum atomic E-state index is -0.0406. The maximum Gasteiger partial charge on any atom is 0.253 e. The predicted octanol–water partition coefficient (Wildman–Crippen LogP) is 5.28. The van der Waals surface area contributed by atoms with Crippen molar-refractivity contribution in [3.8, 4) is 0 Å². The molecule has 7 nitrogen and oxygen atoms in total. The lowest BCUT2D eigenvalue weighted by atomic mass is 9.98. The number of nitrogens with zero attached hydrogens (tertiary/aromatic N) is 4. The first-order chi connectivity index (χ1) is 18.7. The number of aryl methyl sites for hydroxylation is 3. The molecule has 0 radical (unpaired) electrons. The zero-order chi connectivity index (χ0) is 27.9. The summed E-state index contributed by atoms with van der Waals surface area (Å²) in [4.78, 5) is 38.2. The molecule has 1 amide bonds. The van der Waals surface area contributed by atoms with Crippen LogP contribution in [0.3, 0.4) is 0 Å². The van der Waals surface area contributed by atoms with Gasteiger partial charge in [0.05, 0.1) is 11.3 Å². The lowest BCUT2D eigenvalue weighted by Gasteiger charge is -2.42. The number of nitrogens with one attached hydrogen (secondary N) is 1. The van der Waals surface area contributed by atoms with Gasteiger partial charge in [-0.2, -0.15) is 0 Å². The van der Waals surface area contributed by atoms with E-state index in [1.165, 1.54) is 11.1 Å². The van der Waals surface area contributed by atoms with E-state index in [2.05, 4.69) is 57.1 Å². The van der Waals surface area contributed by atoms with E-state index in [9.17, 15) is 9.59 Å². The predicted molar refractivity (Wildman–Crippen MR) is 156 cm³/mol. The molecule has 1 aliphatic rings. The zero-order valence-corrected chi connectivity index (χ0v) is 23.9. The maximum absolute atomic E-state index is 12.7. The Hall–Kier alpha value is -3.58. The van der Waals surface area contributed by atoms with Crippen LogP contribution < -0.4 is 10.2 Å². The van der Waals surface area contributed by atoms with Crippen molar-refractivity contribution in [2.24, 2.45) is 0 Å². The lowest BCUT2D eigenvalue weighted by molar-refractivity contribution is 0.0942. The van der Waals surface area contributed by atoms with Gasteiger partial charge in [-0.1, -0.05) is 0 Å². The molecule has 1 fully saturated rings. The molecule has 0 aliphatic carbocycles. The first kappa shape index (κ1) is 28.4. The average Bonchev–Trinajstić information content (AvgIpc) is 2.92. The Morgan fingerprint density at radius 2 is 1.72 bits per heavy atom. The van der Waals surface area contributed by atoms with Crippen LogP contribution in [0.4, 0.5) is 5.69 Å². The summed E-state index contributed by atoms with van der Waals surface area (Å²) in [7, 11) is 0. The van der Waals surface area contributed by atoms with Gasteiger partial charge in [-0.3, -0.25) is 19.6 Å². The van der Waals surface area contributed by atoms with Crippen molar-refractivity contribution in [2.75, 3.05) is 24.5 Å². The molecule has 7 heteroatoms. The van der Waals surface area contributed by atoms with E-state index in [0.717, 1.165) is 61.4 Å². The largest absolute Gasteiger partial charge is 0.364 e. The van der Waals surface area contributed by atoms with Gasteiger partial charge in [0, 0.05) is 68.1 Å². The van der Waals surface area contributed by atoms with Crippen molar-refractivity contribution in [3.63, 3.8) is 0 Å². The lowest BCUT2D eigenvalue weighted by Crippen LogP contribution is -2.48. The Bertz CT molecular complexity index is 1260. The second-order valence-corrected chi connectivity index (χ2v) is 10.8. The average molecular weight is 528 g/mol. The first-order valence-electron chi connectivity index (χ1n) is 14.0. The van der Waals surface area contributed by atoms with Gasteiger partial charge in [0.25, 0.3) is 5.91 Å². The summed E-state index contributed by atoms with van der Waals surface area (Å²) >= 11 is 0. The number of anilines is 1. The summed E-state index contributed by atoms with van der Waals surface area (Å²) in [5, 5.41) is 3.10. The Kier molecular flexibility index (Phi) is 9.46. The van der Waals surface area contributed by atoms with Gasteiger partial charge in [0.15, 0.2) is 5.78 Å². The third-order valence-electron chi connectivity index (χ3n) is 8.08. The summed E-state index contributed by atoms with van der Waals surface area (Å²) in [5.41, 5.74) is 6.74. The molecule has 39 heavy (non-hydrogen) atoms. The van der Waals surface area contributed by atoms with Crippen LogP contribution in [-0.4, -0.2) is 58.3 Å². The van der Waals surface area contributed by atoms with E-state index in [4.69, 9.17) is 0 Å². The third kappa shape index (κ3) is 7.09. The van der Waals surface area contributed by atoms with Crippen molar-refractivity contribution >= 4 is 17.4 Å². The van der Waals surface area contributed by atoms with Crippen LogP contribution in [0.15, 0.2) is 55.0 Å². The smallest absolute Gasteiger partial charge is 0.253 e. The van der Waals surface area contributed by atoms with E-state index in [1.54, 1.807) is 13.1 Å². The number of aromatic nitrogens is 2. The number of piperidine rings is 1. The zero-order valence-electron chi connectivity index (χ0n) is 23.9. The molecule has 1 saturated heterocycles. The number of ketones is 1. The molecule has 3 heterocycles. The molecule has 1 aromatic carbocycles. The SMILES string of the molecule is CC(=O)c1ccc(N(Cc2cnccc2C)C2CCN(C(C)CCNC(=O)c3c(C)ccnc3C)CC2)cc1. The highest BCUT2D eigenvalue weighted by Crippen LogP contribution is 2.28. The van der Waals surface area contributed by atoms with Gasteiger partial charge in [-0.25, -0.2) is 0 Å². The molecule has 4 rings (SSSR count). The highest BCUT2D eigenvalue weighted by molar-refractivity contribution is 5.96. The summed E-state index contributed by atoms with van der Waals surface area (Å²) < 4.78 is 0. The summed E-state index contributed by atoms with van der Waals surface area (Å²) in [6.07, 6.45) is 8.56. The maximum atomic E-state index is 12.7. The molecule has 0 bridgehead atoms. The monoisotopic (exact) mass is 527 g/mol. The molecule has 206 valence electrons. The van der Waals surface area contributed by atoms with Crippen molar-refractivity contribution in [3.05, 3.63) is 88.5 Å². The molecule has 0 saturated carbocycles. The summed E-state index contributed by atoms with van der Waals surface area (Å²) in [6.45, 7) is 13.3. The molecule has 1 atom stereocenters. The summed E-state index contributed by atoms with van der Waals surface area (Å²) in [5.74, 6) is 0.0431. The second-order valence-electron chi connectivity index (χ2n) is 10.8. The number of carbonyl (C=O) groups excluding carboxylic acids is 2. The standard InChI is InChI=1S/C32H41N5O2/c1-22-10-15-33-20-28(22)21-37(29-8-6-27(7-9-29)26(5)38)30-13-18-36(19-14-30)24(3)12-17-35-32(39)31-23(2)11-16-34-25(31)4/h6-11,15-16,20,24,30H,12-14,17-19,21H2,1-5H3,(H,35,39). The Morgan fingerprint density at radius 1 is 1.03 bits per heavy atom. The Labute approximate surface area is 232 Å². The number of hydrogen-bond acceptors (Lipinski definition) is 6. The number of carbonyl (C=O) groups is 2. The molecule has 1 unspecified atom stereocenters. The number of rotatable bonds is 10. The molecular formula is C32H41N5O2. The molecule has 3 aromatic rings. The molecule has 1 N–H and O–H groups in total. The van der Waals surface area contributed by atoms with Crippen LogP contribution in [0.5, 0.6) is 0 Å². The van der Waals surface area contributed by atoms with Crippen LogP contribution in [-0.2, 0) is 6.54 Å². The number of hydrogen-bond donors (Lipinski definition) is 1. The van der Waals surface area contributed by atoms with Crippen molar-refractivity contribution in [2.45, 2.75) is 72.5 Å². The fraction of sp³-hybridized carbons (Fsp3) is 0.438. The van der Waals surface area contributed by atoms with E-state index in [0.29, 0.717) is 24.2 Å². The van der Waals surface area contributed by atoms with Crippen molar-refractivity contribution < 1.29 is 9.59 Å². The van der Waals surface area contributed by atoms with Crippen LogP contribution in [0.2, 0.25) is 0 Å². The molecule has 0 spiro atoms. The highest BCUT2D eigenvalue weighted by Gasteiger charge is 2.28. The van der Waals surface area contributed by atoms with Crippen molar-refractivity contribution in [1.82, 2.24) is 20.2 Å². The molecule has 2 aromatic heterocycles. The first-order valence-corrected chi connectivity index (χ1v) is 14.0. The van der Waals surface area contributed by atoms with Gasteiger partial charge in [0.1, 0.15) is 0 Å². The van der Waals surface area contributed by atoms with E-state index < -0.39 is 0 Å². The molecule has 1 aliphatic heterocycles. The number of Topliss-reactive ketones (excluding diaryl/α,β-unsaturated/α-hetero) is 1. The number of benzene rings is 1. The fourth-order valence-electron chi connectivity index (χ4n) is 5.51. The van der Waals surface area contributed by atoms with Crippen LogP contribution in [0, 0.1) is 20.8 Å². The Balaban J connectivity index is 1.36. The number of likely N-dealkylation sites (tertiary alicyclic amines) is 1. The van der Waals surface area contributed by atoms with Gasteiger partial charge in [0.2, 0.25) is 0 Å². The van der Waals surface area contributed by atoms with Crippen LogP contribution >= 0.6 is 0 Å². The van der Waals surface area contributed by atoms with Crippen molar-refractivity contribution in [1.29, 1.82) is 0 Å². The third-order valence-corrected chi connectivity index (χ3v) is 8.08. The number of amides is 1. The van der Waals surface area contributed by atoms with Gasteiger partial charge in [-0.15, -0.1) is 0 Å². The van der Waals surface area contributed by atoms with Crippen LogP contribution in [0.1, 0.15) is 76.2 Å². The quantitative estimate of drug-likeness (QED) is 0.361. The van der Waals surface area contributed by atoms with Gasteiger partial charge in [-0.05, 0) is 107 Å². The van der Waals surface area contributed by atoms with Gasteiger partial charge >= 0.3 is 0 Å².